The van der Waals surface area contributed by atoms with Gasteiger partial charge in [0.2, 0.25) is 0 Å². The number of imidazole rings is 1. The zero-order valence-electron chi connectivity index (χ0n) is 13.3. The predicted octanol–water partition coefficient (Wildman–Crippen LogP) is 2.63. The first kappa shape index (κ1) is 14.1. The summed E-state index contributed by atoms with van der Waals surface area (Å²) in [5.41, 5.74) is 3.18. The van der Waals surface area contributed by atoms with Crippen LogP contribution < -0.4 is 4.90 Å². The maximum atomic E-state index is 4.55. The third-order valence-electron chi connectivity index (χ3n) is 4.62. The van der Waals surface area contributed by atoms with E-state index < -0.39 is 0 Å². The van der Waals surface area contributed by atoms with Crippen molar-refractivity contribution in [3.8, 4) is 0 Å². The largest absolute Gasteiger partial charge is 0.354 e. The van der Waals surface area contributed by atoms with Gasteiger partial charge in [0.15, 0.2) is 17.0 Å². The van der Waals surface area contributed by atoms with Gasteiger partial charge in [0.25, 0.3) is 0 Å². The molecule has 0 radical (unpaired) electrons. The fourth-order valence-corrected chi connectivity index (χ4v) is 3.41. The summed E-state index contributed by atoms with van der Waals surface area (Å²) in [7, 11) is 0. The number of hydrogen-bond donors (Lipinski definition) is 0. The standard InChI is InChI=1S/C17H20N6/c1-2-22-12-21-15-16(22)19-11-20-17(15)23-9-3-4-14(10-23)13-5-7-18-8-6-13/h5-8,11-12,14H,2-4,9-10H2,1H3. The second kappa shape index (κ2) is 5.95. The van der Waals surface area contributed by atoms with Crippen LogP contribution in [-0.4, -0.2) is 37.6 Å². The van der Waals surface area contributed by atoms with Gasteiger partial charge in [-0.1, -0.05) is 0 Å². The number of anilines is 1. The number of nitrogens with zero attached hydrogens (tertiary/aromatic N) is 6. The Labute approximate surface area is 135 Å². The number of rotatable bonds is 3. The molecule has 118 valence electrons. The predicted molar refractivity (Wildman–Crippen MR) is 89.4 cm³/mol. The first-order chi connectivity index (χ1) is 11.4. The molecule has 1 aliphatic rings. The molecule has 23 heavy (non-hydrogen) atoms. The molecule has 1 atom stereocenters. The average molecular weight is 308 g/mol. The smallest absolute Gasteiger partial charge is 0.165 e. The van der Waals surface area contributed by atoms with E-state index >= 15 is 0 Å². The monoisotopic (exact) mass is 308 g/mol. The van der Waals surface area contributed by atoms with Crippen LogP contribution >= 0.6 is 0 Å². The minimum atomic E-state index is 0.519. The van der Waals surface area contributed by atoms with Crippen LogP contribution in [0.1, 0.15) is 31.2 Å². The normalized spacial score (nSPS) is 18.5. The van der Waals surface area contributed by atoms with Crippen molar-refractivity contribution >= 4 is 17.0 Å². The van der Waals surface area contributed by atoms with Crippen molar-refractivity contribution in [2.24, 2.45) is 0 Å². The summed E-state index contributed by atoms with van der Waals surface area (Å²) >= 11 is 0. The van der Waals surface area contributed by atoms with Gasteiger partial charge < -0.3 is 9.47 Å². The van der Waals surface area contributed by atoms with Crippen molar-refractivity contribution in [2.45, 2.75) is 32.2 Å². The van der Waals surface area contributed by atoms with Gasteiger partial charge in [-0.05, 0) is 37.5 Å². The zero-order valence-corrected chi connectivity index (χ0v) is 13.3. The van der Waals surface area contributed by atoms with E-state index in [1.807, 2.05) is 18.7 Å². The molecule has 0 amide bonds. The molecule has 4 rings (SSSR count). The average Bonchev–Trinajstić information content (AvgIpc) is 3.06. The van der Waals surface area contributed by atoms with E-state index in [9.17, 15) is 0 Å². The van der Waals surface area contributed by atoms with Crippen LogP contribution in [0.3, 0.4) is 0 Å². The van der Waals surface area contributed by atoms with E-state index in [1.165, 1.54) is 12.0 Å². The SMILES string of the molecule is CCn1cnc2c(N3CCCC(c4ccncc4)C3)ncnc21. The molecular formula is C17H20N6. The second-order valence-electron chi connectivity index (χ2n) is 5.97. The van der Waals surface area contributed by atoms with E-state index in [-0.39, 0.29) is 0 Å². The molecular weight excluding hydrogens is 288 g/mol. The molecule has 6 heteroatoms. The Kier molecular flexibility index (Phi) is 3.65. The lowest BCUT2D eigenvalue weighted by Gasteiger charge is -2.33. The third kappa shape index (κ3) is 2.54. The van der Waals surface area contributed by atoms with Gasteiger partial charge in [0, 0.05) is 37.9 Å². The number of hydrogen-bond acceptors (Lipinski definition) is 5. The Morgan fingerprint density at radius 3 is 2.87 bits per heavy atom. The van der Waals surface area contributed by atoms with Gasteiger partial charge in [-0.3, -0.25) is 4.98 Å². The van der Waals surface area contributed by atoms with E-state index in [4.69, 9.17) is 0 Å². The third-order valence-corrected chi connectivity index (χ3v) is 4.62. The molecule has 0 spiro atoms. The minimum absolute atomic E-state index is 0.519. The number of aryl methyl sites for hydroxylation is 1. The maximum Gasteiger partial charge on any atom is 0.165 e. The fraction of sp³-hybridized carbons (Fsp3) is 0.412. The number of piperidine rings is 1. The molecule has 6 nitrogen and oxygen atoms in total. The lowest BCUT2D eigenvalue weighted by molar-refractivity contribution is 0.507. The van der Waals surface area contributed by atoms with Crippen molar-refractivity contribution in [3.05, 3.63) is 42.7 Å². The minimum Gasteiger partial charge on any atom is -0.354 e. The molecule has 1 saturated heterocycles. The van der Waals surface area contributed by atoms with Crippen LogP contribution in [0.5, 0.6) is 0 Å². The van der Waals surface area contributed by atoms with Crippen molar-refractivity contribution in [2.75, 3.05) is 18.0 Å². The number of pyridine rings is 1. The molecule has 3 aromatic rings. The molecule has 1 unspecified atom stereocenters. The summed E-state index contributed by atoms with van der Waals surface area (Å²) in [6, 6.07) is 4.24. The molecule has 0 N–H and O–H groups in total. The molecule has 1 fully saturated rings. The quantitative estimate of drug-likeness (QED) is 0.744. The fourth-order valence-electron chi connectivity index (χ4n) is 3.41. The van der Waals surface area contributed by atoms with Gasteiger partial charge >= 0.3 is 0 Å². The Hall–Kier alpha value is -2.50. The topological polar surface area (TPSA) is 59.7 Å². The van der Waals surface area contributed by atoms with Crippen LogP contribution in [0.4, 0.5) is 5.82 Å². The maximum absolute atomic E-state index is 4.55. The van der Waals surface area contributed by atoms with Gasteiger partial charge in [0.05, 0.1) is 6.33 Å². The van der Waals surface area contributed by atoms with Crippen LogP contribution in [0, 0.1) is 0 Å². The van der Waals surface area contributed by atoms with Gasteiger partial charge in [-0.2, -0.15) is 0 Å². The molecule has 0 aliphatic carbocycles. The highest BCUT2D eigenvalue weighted by Gasteiger charge is 2.24. The Morgan fingerprint density at radius 2 is 2.04 bits per heavy atom. The van der Waals surface area contributed by atoms with Crippen LogP contribution in [-0.2, 0) is 6.54 Å². The zero-order chi connectivity index (χ0) is 15.6. The summed E-state index contributed by atoms with van der Waals surface area (Å²) in [4.78, 5) is 20.0. The van der Waals surface area contributed by atoms with Crippen molar-refractivity contribution < 1.29 is 0 Å². The number of aromatic nitrogens is 5. The Morgan fingerprint density at radius 1 is 1.17 bits per heavy atom. The van der Waals surface area contributed by atoms with Crippen molar-refractivity contribution in [1.82, 2.24) is 24.5 Å². The molecule has 3 aromatic heterocycles. The highest BCUT2D eigenvalue weighted by Crippen LogP contribution is 2.31. The highest BCUT2D eigenvalue weighted by atomic mass is 15.2. The first-order valence-electron chi connectivity index (χ1n) is 8.17. The van der Waals surface area contributed by atoms with Crippen molar-refractivity contribution in [3.63, 3.8) is 0 Å². The van der Waals surface area contributed by atoms with Gasteiger partial charge in [-0.25, -0.2) is 15.0 Å². The number of fused-ring (bicyclic) bond motifs is 1. The van der Waals surface area contributed by atoms with E-state index in [0.717, 1.165) is 43.0 Å². The highest BCUT2D eigenvalue weighted by molar-refractivity contribution is 5.83. The van der Waals surface area contributed by atoms with Gasteiger partial charge in [-0.15, -0.1) is 0 Å². The van der Waals surface area contributed by atoms with E-state index in [0.29, 0.717) is 5.92 Å². The molecule has 4 heterocycles. The van der Waals surface area contributed by atoms with E-state index in [2.05, 4.69) is 48.5 Å². The summed E-state index contributed by atoms with van der Waals surface area (Å²) in [5, 5.41) is 0. The van der Waals surface area contributed by atoms with E-state index in [1.54, 1.807) is 6.33 Å². The first-order valence-corrected chi connectivity index (χ1v) is 8.17. The molecule has 1 aliphatic heterocycles. The lowest BCUT2D eigenvalue weighted by Crippen LogP contribution is -2.35. The molecule has 0 aromatic carbocycles. The summed E-state index contributed by atoms with van der Waals surface area (Å²) in [6.07, 6.45) is 9.62. The second-order valence-corrected chi connectivity index (χ2v) is 5.97. The Bertz CT molecular complexity index is 797. The summed E-state index contributed by atoms with van der Waals surface area (Å²) in [6.45, 7) is 4.96. The lowest BCUT2D eigenvalue weighted by atomic mass is 9.91. The molecule has 0 saturated carbocycles. The van der Waals surface area contributed by atoms with Crippen molar-refractivity contribution in [1.29, 1.82) is 0 Å². The Balaban J connectivity index is 1.67. The summed E-state index contributed by atoms with van der Waals surface area (Å²) in [5.74, 6) is 1.48. The summed E-state index contributed by atoms with van der Waals surface area (Å²) < 4.78 is 2.06. The van der Waals surface area contributed by atoms with Crippen LogP contribution in [0.15, 0.2) is 37.2 Å². The van der Waals surface area contributed by atoms with Gasteiger partial charge in [0.1, 0.15) is 6.33 Å². The van der Waals surface area contributed by atoms with Crippen LogP contribution in [0.2, 0.25) is 0 Å². The van der Waals surface area contributed by atoms with Crippen LogP contribution in [0.25, 0.3) is 11.2 Å². The molecule has 0 bridgehead atoms.